The molecule has 2 heterocycles. The Morgan fingerprint density at radius 1 is 1.34 bits per heavy atom. The molecule has 0 saturated heterocycles. The van der Waals surface area contributed by atoms with Crippen LogP contribution in [0.5, 0.6) is 5.75 Å². The van der Waals surface area contributed by atoms with E-state index in [-0.39, 0.29) is 17.4 Å². The van der Waals surface area contributed by atoms with Gasteiger partial charge in [0.05, 0.1) is 6.04 Å². The van der Waals surface area contributed by atoms with E-state index in [4.69, 9.17) is 9.26 Å². The molecule has 2 aromatic heterocycles. The second-order valence-corrected chi connectivity index (χ2v) is 8.19. The number of hydrogen-bond donors (Lipinski definition) is 1. The Kier molecular flexibility index (Phi) is 5.55. The van der Waals surface area contributed by atoms with Crippen molar-refractivity contribution in [3.05, 3.63) is 35.2 Å². The number of carbonyl (C=O) groups excluding carboxylic acids is 1. The van der Waals surface area contributed by atoms with Crippen molar-refractivity contribution in [3.63, 3.8) is 0 Å². The second kappa shape index (κ2) is 7.64. The van der Waals surface area contributed by atoms with Gasteiger partial charge in [-0.15, -0.1) is 0 Å². The molecule has 1 fully saturated rings. The highest BCUT2D eigenvalue weighted by molar-refractivity contribution is 5.95. The summed E-state index contributed by atoms with van der Waals surface area (Å²) in [6.45, 7) is 5.93. The van der Waals surface area contributed by atoms with Gasteiger partial charge in [0.25, 0.3) is 5.91 Å². The number of nitrogens with one attached hydrogen (secondary N) is 1. The molecule has 3 rings (SSSR count). The zero-order valence-electron chi connectivity index (χ0n) is 16.6. The largest absolute Gasteiger partial charge is 0.484 e. The summed E-state index contributed by atoms with van der Waals surface area (Å²) in [5.41, 5.74) is 0.0173. The standard InChI is InChI=1S/C19H23F3N4O3/c1-10-24-16(26-29-10)15(18(2,3)4)25-17(27)14-13(11-5-6-11)12(7-8-23-14)28-9-19(20,21)22/h7-8,11,15H,5-6,9H2,1-4H3,(H,25,27). The number of nitrogens with zero attached hydrogens (tertiary/aromatic N) is 3. The van der Waals surface area contributed by atoms with Crippen LogP contribution in [0.2, 0.25) is 0 Å². The summed E-state index contributed by atoms with van der Waals surface area (Å²) >= 11 is 0. The average molecular weight is 412 g/mol. The van der Waals surface area contributed by atoms with Crippen LogP contribution in [0.1, 0.15) is 73.3 Å². The molecule has 0 aliphatic heterocycles. The highest BCUT2D eigenvalue weighted by Gasteiger charge is 2.37. The highest BCUT2D eigenvalue weighted by atomic mass is 19.4. The summed E-state index contributed by atoms with van der Waals surface area (Å²) in [6.07, 6.45) is -1.67. The molecule has 0 radical (unpaired) electrons. The van der Waals surface area contributed by atoms with Crippen LogP contribution in [-0.4, -0.2) is 33.8 Å². The number of aromatic nitrogens is 3. The first kappa shape index (κ1) is 21.1. The van der Waals surface area contributed by atoms with E-state index < -0.39 is 30.1 Å². The Morgan fingerprint density at radius 2 is 2.03 bits per heavy atom. The zero-order chi connectivity index (χ0) is 21.4. The van der Waals surface area contributed by atoms with Gasteiger partial charge in [-0.2, -0.15) is 18.2 Å². The van der Waals surface area contributed by atoms with E-state index in [2.05, 4.69) is 20.4 Å². The minimum absolute atomic E-state index is 0.0349. The van der Waals surface area contributed by atoms with Crippen LogP contribution in [0.3, 0.4) is 0 Å². The monoisotopic (exact) mass is 412 g/mol. The van der Waals surface area contributed by atoms with Crippen LogP contribution in [0, 0.1) is 12.3 Å². The van der Waals surface area contributed by atoms with Gasteiger partial charge >= 0.3 is 6.18 Å². The molecule has 1 N–H and O–H groups in total. The highest BCUT2D eigenvalue weighted by Crippen LogP contribution is 2.46. The fraction of sp³-hybridized carbons (Fsp3) is 0.579. The summed E-state index contributed by atoms with van der Waals surface area (Å²) in [7, 11) is 0. The molecule has 158 valence electrons. The van der Waals surface area contributed by atoms with E-state index in [1.54, 1.807) is 6.92 Å². The molecule has 29 heavy (non-hydrogen) atoms. The summed E-state index contributed by atoms with van der Waals surface area (Å²) in [6, 6.07) is 0.779. The minimum atomic E-state index is -4.47. The van der Waals surface area contributed by atoms with Crippen LogP contribution >= 0.6 is 0 Å². The van der Waals surface area contributed by atoms with Crippen LogP contribution in [0.4, 0.5) is 13.2 Å². The maximum atomic E-state index is 13.1. The lowest BCUT2D eigenvalue weighted by Gasteiger charge is -2.29. The molecule has 0 spiro atoms. The smallest absolute Gasteiger partial charge is 0.422 e. The number of halogens is 3. The molecule has 7 nitrogen and oxygen atoms in total. The normalized spacial score (nSPS) is 15.8. The van der Waals surface area contributed by atoms with Gasteiger partial charge < -0.3 is 14.6 Å². The molecule has 1 aliphatic carbocycles. The fourth-order valence-corrected chi connectivity index (χ4v) is 2.99. The van der Waals surface area contributed by atoms with Crippen molar-refractivity contribution in [2.24, 2.45) is 5.41 Å². The van der Waals surface area contributed by atoms with Gasteiger partial charge in [-0.1, -0.05) is 25.9 Å². The van der Waals surface area contributed by atoms with Gasteiger partial charge in [0.1, 0.15) is 11.4 Å². The number of ether oxygens (including phenoxy) is 1. The predicted octanol–water partition coefficient (Wildman–Crippen LogP) is 4.11. The first-order valence-electron chi connectivity index (χ1n) is 9.25. The third kappa shape index (κ3) is 5.24. The Bertz CT molecular complexity index is 886. The first-order valence-corrected chi connectivity index (χ1v) is 9.25. The third-order valence-electron chi connectivity index (χ3n) is 4.49. The lowest BCUT2D eigenvalue weighted by Crippen LogP contribution is -2.38. The van der Waals surface area contributed by atoms with Crippen LogP contribution in [0.15, 0.2) is 16.8 Å². The van der Waals surface area contributed by atoms with Gasteiger partial charge in [0, 0.05) is 18.7 Å². The summed E-state index contributed by atoms with van der Waals surface area (Å²) in [5, 5.41) is 6.76. The summed E-state index contributed by atoms with van der Waals surface area (Å²) < 4.78 is 47.8. The minimum Gasteiger partial charge on any atom is -0.484 e. The number of hydrogen-bond acceptors (Lipinski definition) is 6. The molecular formula is C19H23F3N4O3. The van der Waals surface area contributed by atoms with Gasteiger partial charge in [-0.3, -0.25) is 9.78 Å². The Morgan fingerprint density at radius 3 is 2.55 bits per heavy atom. The van der Waals surface area contributed by atoms with Gasteiger partial charge in [-0.05, 0) is 30.2 Å². The molecule has 1 atom stereocenters. The molecule has 10 heteroatoms. The van der Waals surface area contributed by atoms with Crippen LogP contribution in [0.25, 0.3) is 0 Å². The van der Waals surface area contributed by atoms with Crippen molar-refractivity contribution in [3.8, 4) is 5.75 Å². The van der Waals surface area contributed by atoms with Gasteiger partial charge in [0.2, 0.25) is 5.89 Å². The average Bonchev–Trinajstić information content (AvgIpc) is 3.36. The molecule has 0 bridgehead atoms. The number of pyridine rings is 1. The number of amides is 1. The van der Waals surface area contributed by atoms with E-state index >= 15 is 0 Å². The molecule has 1 unspecified atom stereocenters. The topological polar surface area (TPSA) is 90.1 Å². The van der Waals surface area contributed by atoms with Crippen LogP contribution in [-0.2, 0) is 0 Å². The van der Waals surface area contributed by atoms with Crippen molar-refractivity contribution >= 4 is 5.91 Å². The zero-order valence-corrected chi connectivity index (χ0v) is 16.6. The number of alkyl halides is 3. The molecule has 1 saturated carbocycles. The summed E-state index contributed by atoms with van der Waals surface area (Å²) in [5.74, 6) is 0.149. The molecule has 0 aromatic carbocycles. The van der Waals surface area contributed by atoms with E-state index in [1.807, 2.05) is 20.8 Å². The van der Waals surface area contributed by atoms with Crippen molar-refractivity contribution in [1.82, 2.24) is 20.4 Å². The van der Waals surface area contributed by atoms with Crippen molar-refractivity contribution in [1.29, 1.82) is 0 Å². The SMILES string of the molecule is Cc1nc(C(NC(=O)c2nccc(OCC(F)(F)F)c2C2CC2)C(C)(C)C)no1. The van der Waals surface area contributed by atoms with Gasteiger partial charge in [-0.25, -0.2) is 0 Å². The molecular weight excluding hydrogens is 389 g/mol. The summed E-state index contributed by atoms with van der Waals surface area (Å²) in [4.78, 5) is 21.4. The Labute approximate surface area is 166 Å². The molecule has 1 aliphatic rings. The first-order chi connectivity index (χ1) is 13.5. The van der Waals surface area contributed by atoms with Crippen molar-refractivity contribution in [2.45, 2.75) is 58.7 Å². The van der Waals surface area contributed by atoms with Crippen LogP contribution < -0.4 is 10.1 Å². The molecule has 2 aromatic rings. The van der Waals surface area contributed by atoms with Crippen molar-refractivity contribution in [2.75, 3.05) is 6.61 Å². The van der Waals surface area contributed by atoms with E-state index in [0.717, 1.165) is 12.8 Å². The third-order valence-corrected chi connectivity index (χ3v) is 4.49. The molecule has 1 amide bonds. The quantitative estimate of drug-likeness (QED) is 0.768. The number of rotatable bonds is 6. The predicted molar refractivity (Wildman–Crippen MR) is 96.5 cm³/mol. The lowest BCUT2D eigenvalue weighted by molar-refractivity contribution is -0.153. The maximum absolute atomic E-state index is 13.1. The van der Waals surface area contributed by atoms with Gasteiger partial charge in [0.15, 0.2) is 12.4 Å². The number of aryl methyl sites for hydroxylation is 1. The lowest BCUT2D eigenvalue weighted by atomic mass is 9.86. The fourth-order valence-electron chi connectivity index (χ4n) is 2.99. The maximum Gasteiger partial charge on any atom is 0.422 e. The Hall–Kier alpha value is -2.65. The number of carbonyl (C=O) groups is 1. The van der Waals surface area contributed by atoms with E-state index in [9.17, 15) is 18.0 Å². The van der Waals surface area contributed by atoms with E-state index in [1.165, 1.54) is 12.3 Å². The van der Waals surface area contributed by atoms with E-state index in [0.29, 0.717) is 17.3 Å². The second-order valence-electron chi connectivity index (χ2n) is 8.19. The van der Waals surface area contributed by atoms with Crippen molar-refractivity contribution < 1.29 is 27.2 Å². The Balaban J connectivity index is 1.90.